The van der Waals surface area contributed by atoms with Crippen LogP contribution in [0.15, 0.2) is 20.8 Å². The Kier molecular flexibility index (Phi) is 7.61. The van der Waals surface area contributed by atoms with Gasteiger partial charge in [0.2, 0.25) is 0 Å². The van der Waals surface area contributed by atoms with E-state index in [0.29, 0.717) is 0 Å². The maximum atomic E-state index is 6.37. The topological polar surface area (TPSA) is 18.5 Å². The summed E-state index contributed by atoms with van der Waals surface area (Å²) in [5.74, 6) is 1.85. The van der Waals surface area contributed by atoms with Gasteiger partial charge >= 0.3 is 144 Å². The van der Waals surface area contributed by atoms with E-state index in [9.17, 15) is 0 Å². The summed E-state index contributed by atoms with van der Waals surface area (Å²) in [6.07, 6.45) is 9.88. The van der Waals surface area contributed by atoms with Gasteiger partial charge in [-0.3, -0.25) is 0 Å². The van der Waals surface area contributed by atoms with Crippen molar-refractivity contribution in [3.63, 3.8) is 0 Å². The van der Waals surface area contributed by atoms with Crippen LogP contribution in [0.2, 0.25) is 13.3 Å². The molecule has 0 N–H and O–H groups in total. The van der Waals surface area contributed by atoms with Crippen molar-refractivity contribution in [2.24, 2.45) is 0 Å². The average Bonchev–Trinajstić information content (AvgIpc) is 3.02. The molecule has 0 spiro atoms. The first-order chi connectivity index (χ1) is 10.8. The van der Waals surface area contributed by atoms with Gasteiger partial charge in [0.1, 0.15) is 0 Å². The minimum absolute atomic E-state index is 0.899. The predicted molar refractivity (Wildman–Crippen MR) is 98.6 cm³/mol. The summed E-state index contributed by atoms with van der Waals surface area (Å²) < 4.78 is 17.8. The quantitative estimate of drug-likeness (QED) is 0.383. The van der Waals surface area contributed by atoms with E-state index in [1.54, 1.807) is 11.3 Å². The van der Waals surface area contributed by atoms with Gasteiger partial charge in [-0.1, -0.05) is 0 Å². The first-order valence-corrected chi connectivity index (χ1v) is 17.3. The van der Waals surface area contributed by atoms with Gasteiger partial charge in [-0.15, -0.1) is 0 Å². The van der Waals surface area contributed by atoms with Crippen molar-refractivity contribution in [3.05, 3.63) is 20.8 Å². The molecule has 0 radical (unpaired) electrons. The van der Waals surface area contributed by atoms with Crippen LogP contribution in [-0.4, -0.2) is 18.4 Å². The summed E-state index contributed by atoms with van der Waals surface area (Å²) in [4.78, 5) is 0. The van der Waals surface area contributed by atoms with Gasteiger partial charge in [-0.05, 0) is 0 Å². The fourth-order valence-corrected chi connectivity index (χ4v) is 18.8. The van der Waals surface area contributed by atoms with Crippen LogP contribution >= 0.6 is 11.3 Å². The molecule has 0 atom stereocenters. The van der Waals surface area contributed by atoms with E-state index in [1.165, 1.54) is 55.6 Å². The zero-order valence-electron chi connectivity index (χ0n) is 14.3. The molecule has 0 saturated carbocycles. The zero-order chi connectivity index (χ0) is 15.8. The van der Waals surface area contributed by atoms with Crippen molar-refractivity contribution in [1.82, 2.24) is 0 Å². The van der Waals surface area contributed by atoms with Crippen molar-refractivity contribution in [3.8, 4) is 11.5 Å². The van der Waals surface area contributed by atoms with Gasteiger partial charge in [0.25, 0.3) is 0 Å². The molecule has 1 aromatic rings. The van der Waals surface area contributed by atoms with Gasteiger partial charge in [0.15, 0.2) is 0 Å². The zero-order valence-corrected chi connectivity index (χ0v) is 18.0. The maximum absolute atomic E-state index is 6.37. The summed E-state index contributed by atoms with van der Waals surface area (Å²) in [5.41, 5.74) is 0. The van der Waals surface area contributed by atoms with Gasteiger partial charge < -0.3 is 0 Å². The number of unbranched alkanes of at least 4 members (excludes halogenated alkanes) is 3. The molecule has 0 bridgehead atoms. The van der Waals surface area contributed by atoms with Crippen LogP contribution in [0, 0.1) is 0 Å². The number of hydrogen-bond donors (Lipinski definition) is 0. The summed E-state index contributed by atoms with van der Waals surface area (Å²) in [5, 5.41) is 4.11. The molecule has 0 aromatic carbocycles. The van der Waals surface area contributed by atoms with Crippen molar-refractivity contribution in [2.75, 3.05) is 0 Å². The van der Waals surface area contributed by atoms with Crippen LogP contribution in [0.25, 0.3) is 0 Å². The SMILES string of the molecule is CCC[CH2][Sn]([CH2]CCC)([CH2]CCC)[C]1=COc2cscc2O1. The van der Waals surface area contributed by atoms with Crippen LogP contribution in [0.3, 0.4) is 0 Å². The molecule has 124 valence electrons. The Labute approximate surface area is 143 Å². The summed E-state index contributed by atoms with van der Waals surface area (Å²) >= 11 is -0.808. The molecule has 2 rings (SSSR count). The Morgan fingerprint density at radius 3 is 1.95 bits per heavy atom. The molecular weight excluding hydrogens is 399 g/mol. The predicted octanol–water partition coefficient (Wildman–Crippen LogP) is 6.75. The fraction of sp³-hybridized carbons (Fsp3) is 0.667. The number of hydrogen-bond acceptors (Lipinski definition) is 3. The van der Waals surface area contributed by atoms with Crippen LogP contribution < -0.4 is 9.47 Å². The molecule has 0 fully saturated rings. The molecule has 2 nitrogen and oxygen atoms in total. The molecule has 1 aliphatic rings. The second kappa shape index (κ2) is 9.21. The second-order valence-corrected chi connectivity index (χ2v) is 20.1. The van der Waals surface area contributed by atoms with Gasteiger partial charge in [-0.2, -0.15) is 0 Å². The summed E-state index contributed by atoms with van der Waals surface area (Å²) in [7, 11) is 0. The van der Waals surface area contributed by atoms with E-state index in [0.717, 1.165) is 11.5 Å². The molecular formula is C18H30O2SSn. The normalized spacial score (nSPS) is 14.0. The molecule has 1 aliphatic heterocycles. The van der Waals surface area contributed by atoms with Crippen molar-refractivity contribution in [1.29, 1.82) is 0 Å². The molecule has 0 aliphatic carbocycles. The standard InChI is InChI=1S/C6H3O2S.3C4H9.Sn/c1-2-8-6-4-9-3-5(6)7-1;3*1-3-4-2;/h1,3-4H;3*1,3-4H2,2H3;. The molecule has 4 heteroatoms. The third-order valence-corrected chi connectivity index (χ3v) is 20.2. The molecule has 0 unspecified atom stereocenters. The van der Waals surface area contributed by atoms with Gasteiger partial charge in [-0.25, -0.2) is 0 Å². The van der Waals surface area contributed by atoms with Crippen molar-refractivity contribution < 1.29 is 9.47 Å². The minimum atomic E-state index is -2.47. The average molecular weight is 429 g/mol. The third-order valence-electron chi connectivity index (χ3n) is 4.66. The molecule has 0 amide bonds. The Morgan fingerprint density at radius 2 is 1.41 bits per heavy atom. The van der Waals surface area contributed by atoms with Crippen molar-refractivity contribution >= 4 is 29.7 Å². The number of fused-ring (bicyclic) bond motifs is 1. The van der Waals surface area contributed by atoms with E-state index in [1.807, 2.05) is 11.6 Å². The van der Waals surface area contributed by atoms with E-state index in [-0.39, 0.29) is 0 Å². The van der Waals surface area contributed by atoms with Crippen molar-refractivity contribution in [2.45, 2.75) is 72.6 Å². The molecule has 2 heterocycles. The summed E-state index contributed by atoms with van der Waals surface area (Å²) in [6, 6.07) is 0. The first-order valence-electron chi connectivity index (χ1n) is 8.87. The summed E-state index contributed by atoms with van der Waals surface area (Å²) in [6.45, 7) is 6.92. The second-order valence-electron chi connectivity index (χ2n) is 6.39. The molecule has 1 aromatic heterocycles. The Morgan fingerprint density at radius 1 is 0.864 bits per heavy atom. The van der Waals surface area contributed by atoms with Crippen LogP contribution in [-0.2, 0) is 0 Å². The Hall–Kier alpha value is -0.161. The number of thiophene rings is 1. The fourth-order valence-electron chi connectivity index (χ4n) is 3.22. The Bertz CT molecular complexity index is 459. The van der Waals surface area contributed by atoms with E-state index in [2.05, 4.69) is 26.2 Å². The first kappa shape index (κ1) is 18.2. The van der Waals surface area contributed by atoms with E-state index in [4.69, 9.17) is 9.47 Å². The monoisotopic (exact) mass is 430 g/mol. The third kappa shape index (κ3) is 4.44. The number of rotatable bonds is 10. The molecule has 22 heavy (non-hydrogen) atoms. The molecule has 0 saturated heterocycles. The van der Waals surface area contributed by atoms with E-state index < -0.39 is 18.4 Å². The van der Waals surface area contributed by atoms with Gasteiger partial charge in [0.05, 0.1) is 0 Å². The van der Waals surface area contributed by atoms with Crippen LogP contribution in [0.1, 0.15) is 59.3 Å². The van der Waals surface area contributed by atoms with Gasteiger partial charge in [0, 0.05) is 0 Å². The van der Waals surface area contributed by atoms with E-state index >= 15 is 0 Å². The Balaban J connectivity index is 2.21. The number of ether oxygens (including phenoxy) is 2. The van der Waals surface area contributed by atoms with Crippen LogP contribution in [0.5, 0.6) is 11.5 Å². The van der Waals surface area contributed by atoms with Crippen LogP contribution in [0.4, 0.5) is 0 Å².